The molecule has 2 aromatic rings. The van der Waals surface area contributed by atoms with Gasteiger partial charge in [0.15, 0.2) is 0 Å². The summed E-state index contributed by atoms with van der Waals surface area (Å²) in [5.74, 6) is 0. The third-order valence-electron chi connectivity index (χ3n) is 2.93. The lowest BCUT2D eigenvalue weighted by Gasteiger charge is -2.07. The van der Waals surface area contributed by atoms with Crippen LogP contribution in [0.2, 0.25) is 0 Å². The second-order valence-corrected chi connectivity index (χ2v) is 5.95. The molecule has 0 aliphatic carbocycles. The first-order chi connectivity index (χ1) is 9.47. The second kappa shape index (κ2) is 5.70. The Hall–Kier alpha value is -1.77. The maximum atomic E-state index is 11.2. The van der Waals surface area contributed by atoms with E-state index in [4.69, 9.17) is 10.9 Å². The number of hydrogen-bond acceptors (Lipinski definition) is 5. The fourth-order valence-corrected chi connectivity index (χ4v) is 2.48. The molecule has 0 fully saturated rings. The third-order valence-corrected chi connectivity index (χ3v) is 3.86. The molecule has 0 saturated carbocycles. The molecule has 0 aliphatic rings. The van der Waals surface area contributed by atoms with E-state index in [2.05, 4.69) is 17.2 Å². The molecule has 1 heterocycles. The van der Waals surface area contributed by atoms with Gasteiger partial charge in [-0.2, -0.15) is 0 Å². The number of hydrogen-bond donors (Lipinski definition) is 2. The molecule has 4 N–H and O–H groups in total. The Balaban J connectivity index is 2.44. The first-order valence-electron chi connectivity index (χ1n) is 6.24. The number of sulfonamides is 1. The fourth-order valence-electron chi connectivity index (χ4n) is 1.96. The van der Waals surface area contributed by atoms with Gasteiger partial charge in [-0.05, 0) is 30.7 Å². The average Bonchev–Trinajstić information content (AvgIpc) is 2.81. The summed E-state index contributed by atoms with van der Waals surface area (Å²) in [6.07, 6.45) is 1.74. The minimum absolute atomic E-state index is 0.0671. The van der Waals surface area contributed by atoms with Crippen molar-refractivity contribution in [2.24, 2.45) is 10.9 Å². The molecule has 0 saturated heterocycles. The summed E-state index contributed by atoms with van der Waals surface area (Å²) in [6, 6.07) is 6.19. The molecule has 0 atom stereocenters. The lowest BCUT2D eigenvalue weighted by Crippen LogP contribution is -2.12. The van der Waals surface area contributed by atoms with Crippen LogP contribution in [0.5, 0.6) is 0 Å². The maximum absolute atomic E-state index is 11.2. The van der Waals surface area contributed by atoms with Gasteiger partial charge in [0.1, 0.15) is 0 Å². The lowest BCUT2D eigenvalue weighted by molar-refractivity contribution is 0.597. The molecule has 0 aliphatic heterocycles. The van der Waals surface area contributed by atoms with E-state index >= 15 is 0 Å². The monoisotopic (exact) mass is 295 g/mol. The van der Waals surface area contributed by atoms with E-state index in [-0.39, 0.29) is 4.90 Å². The highest BCUT2D eigenvalue weighted by molar-refractivity contribution is 7.89. The molecule has 0 amide bonds. The Bertz CT molecular complexity index is 691. The van der Waals surface area contributed by atoms with Crippen LogP contribution in [-0.2, 0) is 23.0 Å². The van der Waals surface area contributed by atoms with Crippen molar-refractivity contribution in [3.63, 3.8) is 0 Å². The van der Waals surface area contributed by atoms with E-state index in [1.165, 1.54) is 12.1 Å². The highest BCUT2D eigenvalue weighted by Gasteiger charge is 2.13. The zero-order valence-corrected chi connectivity index (χ0v) is 12.0. The van der Waals surface area contributed by atoms with E-state index in [0.717, 1.165) is 29.9 Å². The Morgan fingerprint density at radius 3 is 2.40 bits per heavy atom. The zero-order valence-electron chi connectivity index (χ0n) is 11.2. The van der Waals surface area contributed by atoms with Crippen LogP contribution in [0.25, 0.3) is 5.69 Å². The van der Waals surface area contributed by atoms with Gasteiger partial charge in [-0.1, -0.05) is 18.6 Å². The molecular formula is C12H17N5O2S. The van der Waals surface area contributed by atoms with Gasteiger partial charge in [0.2, 0.25) is 10.0 Å². The Morgan fingerprint density at radius 1 is 1.25 bits per heavy atom. The van der Waals surface area contributed by atoms with Crippen molar-refractivity contribution in [1.29, 1.82) is 0 Å². The van der Waals surface area contributed by atoms with Crippen molar-refractivity contribution < 1.29 is 8.42 Å². The lowest BCUT2D eigenvalue weighted by atomic mass is 10.2. The largest absolute Gasteiger partial charge is 0.325 e. The minimum Gasteiger partial charge on any atom is -0.325 e. The van der Waals surface area contributed by atoms with Gasteiger partial charge in [0.25, 0.3) is 0 Å². The van der Waals surface area contributed by atoms with Gasteiger partial charge in [-0.15, -0.1) is 5.10 Å². The summed E-state index contributed by atoms with van der Waals surface area (Å²) in [5.41, 5.74) is 8.07. The highest BCUT2D eigenvalue weighted by Crippen LogP contribution is 2.16. The number of benzene rings is 1. The molecule has 0 unspecified atom stereocenters. The van der Waals surface area contributed by atoms with Gasteiger partial charge in [0, 0.05) is 6.54 Å². The number of primary sulfonamides is 1. The Kier molecular flexibility index (Phi) is 4.17. The van der Waals surface area contributed by atoms with E-state index in [9.17, 15) is 8.42 Å². The zero-order chi connectivity index (χ0) is 14.8. The molecule has 1 aromatic heterocycles. The third kappa shape index (κ3) is 2.87. The summed E-state index contributed by atoms with van der Waals surface area (Å²) in [4.78, 5) is 0.0671. The van der Waals surface area contributed by atoms with Crippen molar-refractivity contribution >= 4 is 10.0 Å². The van der Waals surface area contributed by atoms with E-state index in [1.54, 1.807) is 16.8 Å². The molecule has 108 valence electrons. The van der Waals surface area contributed by atoms with Gasteiger partial charge >= 0.3 is 0 Å². The summed E-state index contributed by atoms with van der Waals surface area (Å²) in [5, 5.41) is 13.2. The van der Waals surface area contributed by atoms with Crippen LogP contribution in [0.4, 0.5) is 0 Å². The minimum atomic E-state index is -3.69. The topological polar surface area (TPSA) is 117 Å². The molecule has 1 aromatic carbocycles. The van der Waals surface area contributed by atoms with Crippen LogP contribution in [-0.4, -0.2) is 23.4 Å². The molecule has 0 radical (unpaired) electrons. The van der Waals surface area contributed by atoms with Gasteiger partial charge in [-0.25, -0.2) is 18.2 Å². The predicted molar refractivity (Wildman–Crippen MR) is 74.6 cm³/mol. The predicted octanol–water partition coefficient (Wildman–Crippen LogP) is 0.326. The van der Waals surface area contributed by atoms with Crippen LogP contribution in [0.15, 0.2) is 29.2 Å². The molecule has 0 bridgehead atoms. The molecular weight excluding hydrogens is 278 g/mol. The van der Waals surface area contributed by atoms with Crippen LogP contribution in [0.1, 0.15) is 24.7 Å². The van der Waals surface area contributed by atoms with Crippen molar-refractivity contribution in [3.05, 3.63) is 35.7 Å². The molecule has 0 spiro atoms. The Morgan fingerprint density at radius 2 is 1.90 bits per heavy atom. The van der Waals surface area contributed by atoms with Crippen LogP contribution in [0, 0.1) is 0 Å². The van der Waals surface area contributed by atoms with E-state index in [0.29, 0.717) is 6.54 Å². The summed E-state index contributed by atoms with van der Waals surface area (Å²) >= 11 is 0. The molecule has 20 heavy (non-hydrogen) atoms. The van der Waals surface area contributed by atoms with Gasteiger partial charge < -0.3 is 5.73 Å². The van der Waals surface area contributed by atoms with Crippen molar-refractivity contribution in [1.82, 2.24) is 15.0 Å². The first-order valence-corrected chi connectivity index (χ1v) is 7.78. The summed E-state index contributed by atoms with van der Waals surface area (Å²) < 4.78 is 24.1. The smallest absolute Gasteiger partial charge is 0.238 e. The number of rotatable bonds is 5. The summed E-state index contributed by atoms with van der Waals surface area (Å²) in [6.45, 7) is 2.38. The summed E-state index contributed by atoms with van der Waals surface area (Å²) in [7, 11) is -3.69. The number of aromatic nitrogens is 3. The van der Waals surface area contributed by atoms with Crippen LogP contribution < -0.4 is 10.9 Å². The van der Waals surface area contributed by atoms with Gasteiger partial charge in [0.05, 0.1) is 22.0 Å². The highest BCUT2D eigenvalue weighted by atomic mass is 32.2. The molecule has 8 heteroatoms. The van der Waals surface area contributed by atoms with Crippen LogP contribution in [0.3, 0.4) is 0 Å². The van der Waals surface area contributed by atoms with Gasteiger partial charge in [-0.3, -0.25) is 0 Å². The quantitative estimate of drug-likeness (QED) is 0.824. The molecule has 7 nitrogen and oxygen atoms in total. The average molecular weight is 295 g/mol. The first kappa shape index (κ1) is 14.6. The SMILES string of the molecule is CCCc1c(CN)nnn1-c1ccc(S(N)(=O)=O)cc1. The maximum Gasteiger partial charge on any atom is 0.238 e. The fraction of sp³-hybridized carbons (Fsp3) is 0.333. The normalized spacial score (nSPS) is 11.8. The second-order valence-electron chi connectivity index (χ2n) is 4.39. The van der Waals surface area contributed by atoms with Crippen LogP contribution >= 0.6 is 0 Å². The number of nitrogens with two attached hydrogens (primary N) is 2. The molecule has 2 rings (SSSR count). The van der Waals surface area contributed by atoms with E-state index in [1.807, 2.05) is 0 Å². The Labute approximate surface area is 117 Å². The van der Waals surface area contributed by atoms with Crippen molar-refractivity contribution in [3.8, 4) is 5.69 Å². The standard InChI is InChI=1S/C12H17N5O2S/c1-2-3-12-11(8-13)15-16-17(12)9-4-6-10(7-5-9)20(14,18)19/h4-7H,2-3,8,13H2,1H3,(H2,14,18,19). The van der Waals surface area contributed by atoms with Crippen molar-refractivity contribution in [2.75, 3.05) is 0 Å². The van der Waals surface area contributed by atoms with E-state index < -0.39 is 10.0 Å². The number of nitrogens with zero attached hydrogens (tertiary/aromatic N) is 3. The van der Waals surface area contributed by atoms with Crippen molar-refractivity contribution in [2.45, 2.75) is 31.2 Å².